The SMILES string of the molecule is CCCCCCC/C=C\C/C=C\CCCCCCCCCCCCCCCCCCCCCC(=O)OCC(COC(=O)CCCCCCCCCC)OC(=O)CCCCCCCCCCCCCCCCCCCCCCCCCCCC. The molecule has 0 aromatic rings. The van der Waals surface area contributed by atoms with Crippen LogP contribution in [0, 0.1) is 0 Å². The third-order valence-electron chi connectivity index (χ3n) is 17.5. The van der Waals surface area contributed by atoms with Crippen molar-refractivity contribution in [3.63, 3.8) is 0 Å². The molecule has 0 aromatic carbocycles. The lowest BCUT2D eigenvalue weighted by Crippen LogP contribution is -2.30. The van der Waals surface area contributed by atoms with Crippen LogP contribution in [0.3, 0.4) is 0 Å². The van der Waals surface area contributed by atoms with Crippen molar-refractivity contribution in [2.75, 3.05) is 13.2 Å². The molecule has 0 N–H and O–H groups in total. The third kappa shape index (κ3) is 70.5. The Labute approximate surface area is 519 Å². The van der Waals surface area contributed by atoms with E-state index < -0.39 is 6.10 Å². The Hall–Kier alpha value is -2.11. The summed E-state index contributed by atoms with van der Waals surface area (Å²) in [6.45, 7) is 6.69. The van der Waals surface area contributed by atoms with Crippen molar-refractivity contribution in [3.8, 4) is 0 Å². The van der Waals surface area contributed by atoms with Gasteiger partial charge in [-0.1, -0.05) is 385 Å². The molecule has 0 fully saturated rings. The number of ether oxygens (including phenoxy) is 3. The molecule has 1 unspecified atom stereocenters. The highest BCUT2D eigenvalue weighted by Crippen LogP contribution is 2.19. The van der Waals surface area contributed by atoms with Gasteiger partial charge in [0.1, 0.15) is 13.2 Å². The lowest BCUT2D eigenvalue weighted by Gasteiger charge is -2.18. The highest BCUT2D eigenvalue weighted by Gasteiger charge is 2.20. The molecule has 0 aliphatic carbocycles. The van der Waals surface area contributed by atoms with Crippen LogP contribution in [-0.4, -0.2) is 37.2 Å². The lowest BCUT2D eigenvalue weighted by atomic mass is 10.0. The summed E-state index contributed by atoms with van der Waals surface area (Å²) in [7, 11) is 0. The van der Waals surface area contributed by atoms with Gasteiger partial charge in [-0.15, -0.1) is 0 Å². The maximum absolute atomic E-state index is 12.9. The standard InChI is InChI=1S/C77H146O6/c1-4-7-10-13-16-19-21-23-25-27-29-31-33-35-37-38-39-40-41-43-44-46-48-50-52-54-56-58-61-64-67-70-76(79)82-73-74(72-81-75(78)69-66-63-60-18-15-12-9-6-3)83-77(80)71-68-65-62-59-57-55-53-51-49-47-45-42-36-34-32-30-28-26-24-22-20-17-14-11-8-5-2/h21,23,27,29,74H,4-20,22,24-26,28,30-73H2,1-3H3/b23-21-,29-27-. The summed E-state index contributed by atoms with van der Waals surface area (Å²) < 4.78 is 17.0. The fourth-order valence-corrected chi connectivity index (χ4v) is 11.8. The molecule has 0 radical (unpaired) electrons. The van der Waals surface area contributed by atoms with Crippen LogP contribution in [0.4, 0.5) is 0 Å². The number of esters is 3. The van der Waals surface area contributed by atoms with Crippen LogP contribution in [0.2, 0.25) is 0 Å². The first-order valence-electron chi connectivity index (χ1n) is 37.8. The second kappa shape index (κ2) is 72.4. The van der Waals surface area contributed by atoms with Crippen molar-refractivity contribution in [2.24, 2.45) is 0 Å². The molecule has 6 heteroatoms. The van der Waals surface area contributed by atoms with Crippen molar-refractivity contribution in [3.05, 3.63) is 24.3 Å². The minimum absolute atomic E-state index is 0.0636. The van der Waals surface area contributed by atoms with Gasteiger partial charge >= 0.3 is 17.9 Å². The van der Waals surface area contributed by atoms with Crippen LogP contribution in [0.5, 0.6) is 0 Å². The second-order valence-electron chi connectivity index (χ2n) is 25.9. The van der Waals surface area contributed by atoms with E-state index in [0.717, 1.165) is 64.2 Å². The maximum Gasteiger partial charge on any atom is 0.306 e. The van der Waals surface area contributed by atoms with Crippen LogP contribution in [-0.2, 0) is 28.6 Å². The minimum atomic E-state index is -0.765. The van der Waals surface area contributed by atoms with E-state index >= 15 is 0 Å². The molecule has 6 nitrogen and oxygen atoms in total. The average Bonchev–Trinajstić information content (AvgIpc) is 3.49. The molecule has 0 aromatic heterocycles. The Kier molecular flexibility index (Phi) is 70.5. The van der Waals surface area contributed by atoms with Gasteiger partial charge in [-0.2, -0.15) is 0 Å². The molecule has 0 aliphatic rings. The van der Waals surface area contributed by atoms with Crippen molar-refractivity contribution in [2.45, 2.75) is 438 Å². The van der Waals surface area contributed by atoms with Gasteiger partial charge in [0.05, 0.1) is 0 Å². The number of hydrogen-bond acceptors (Lipinski definition) is 6. The van der Waals surface area contributed by atoms with E-state index in [-0.39, 0.29) is 31.1 Å². The summed E-state index contributed by atoms with van der Waals surface area (Å²) in [5.41, 5.74) is 0. The highest BCUT2D eigenvalue weighted by molar-refractivity contribution is 5.71. The fourth-order valence-electron chi connectivity index (χ4n) is 11.8. The van der Waals surface area contributed by atoms with E-state index in [4.69, 9.17) is 14.2 Å². The van der Waals surface area contributed by atoms with Gasteiger partial charge < -0.3 is 14.2 Å². The topological polar surface area (TPSA) is 78.9 Å². The van der Waals surface area contributed by atoms with Gasteiger partial charge in [0, 0.05) is 19.3 Å². The zero-order chi connectivity index (χ0) is 59.9. The predicted molar refractivity (Wildman–Crippen MR) is 363 cm³/mol. The van der Waals surface area contributed by atoms with E-state index in [1.165, 1.54) is 327 Å². The van der Waals surface area contributed by atoms with Gasteiger partial charge in [-0.3, -0.25) is 14.4 Å². The zero-order valence-corrected chi connectivity index (χ0v) is 56.5. The summed E-state index contributed by atoms with van der Waals surface area (Å²) in [6.07, 6.45) is 89.7. The Morgan fingerprint density at radius 2 is 0.434 bits per heavy atom. The van der Waals surface area contributed by atoms with Crippen molar-refractivity contribution in [1.29, 1.82) is 0 Å². The van der Waals surface area contributed by atoms with Crippen LogP contribution in [0.1, 0.15) is 432 Å². The molecule has 0 saturated heterocycles. The summed E-state index contributed by atoms with van der Waals surface area (Å²) in [5, 5.41) is 0. The van der Waals surface area contributed by atoms with Crippen molar-refractivity contribution >= 4 is 17.9 Å². The minimum Gasteiger partial charge on any atom is -0.462 e. The predicted octanol–water partition coefficient (Wildman–Crippen LogP) is 26.1. The normalized spacial score (nSPS) is 12.1. The van der Waals surface area contributed by atoms with Crippen LogP contribution >= 0.6 is 0 Å². The number of carbonyl (C=O) groups is 3. The summed E-state index contributed by atoms with van der Waals surface area (Å²) >= 11 is 0. The fraction of sp³-hybridized carbons (Fsp3) is 0.909. The van der Waals surface area contributed by atoms with E-state index in [1.807, 2.05) is 0 Å². The first kappa shape index (κ1) is 80.9. The molecule has 1 atom stereocenters. The molecular formula is C77H146O6. The lowest BCUT2D eigenvalue weighted by molar-refractivity contribution is -0.167. The van der Waals surface area contributed by atoms with E-state index in [1.54, 1.807) is 0 Å². The summed E-state index contributed by atoms with van der Waals surface area (Å²) in [5.74, 6) is -0.834. The first-order valence-corrected chi connectivity index (χ1v) is 37.8. The molecule has 0 saturated carbocycles. The van der Waals surface area contributed by atoms with Crippen LogP contribution in [0.15, 0.2) is 24.3 Å². The van der Waals surface area contributed by atoms with Crippen molar-refractivity contribution in [1.82, 2.24) is 0 Å². The number of allylic oxidation sites excluding steroid dienone is 4. The molecule has 0 rings (SSSR count). The summed E-state index contributed by atoms with van der Waals surface area (Å²) in [4.78, 5) is 38.3. The number of rotatable bonds is 71. The van der Waals surface area contributed by atoms with Gasteiger partial charge in [-0.05, 0) is 51.4 Å². The smallest absolute Gasteiger partial charge is 0.306 e. The second-order valence-corrected chi connectivity index (χ2v) is 25.9. The number of hydrogen-bond donors (Lipinski definition) is 0. The molecule has 490 valence electrons. The summed E-state index contributed by atoms with van der Waals surface area (Å²) in [6, 6.07) is 0. The Morgan fingerprint density at radius 3 is 0.663 bits per heavy atom. The van der Waals surface area contributed by atoms with Gasteiger partial charge in [-0.25, -0.2) is 0 Å². The highest BCUT2D eigenvalue weighted by atomic mass is 16.6. The van der Waals surface area contributed by atoms with Crippen LogP contribution < -0.4 is 0 Å². The maximum atomic E-state index is 12.9. The third-order valence-corrected chi connectivity index (χ3v) is 17.5. The van der Waals surface area contributed by atoms with Gasteiger partial charge in [0.2, 0.25) is 0 Å². The largest absolute Gasteiger partial charge is 0.462 e. The van der Waals surface area contributed by atoms with E-state index in [9.17, 15) is 14.4 Å². The number of carbonyl (C=O) groups excluding carboxylic acids is 3. The molecule has 0 amide bonds. The molecule has 0 spiro atoms. The van der Waals surface area contributed by atoms with Gasteiger partial charge in [0.15, 0.2) is 6.10 Å². The number of unbranched alkanes of at least 4 members (excludes halogenated alkanes) is 56. The first-order chi connectivity index (χ1) is 41.0. The Morgan fingerprint density at radius 1 is 0.241 bits per heavy atom. The molecule has 0 aliphatic heterocycles. The zero-order valence-electron chi connectivity index (χ0n) is 56.5. The van der Waals surface area contributed by atoms with Crippen molar-refractivity contribution < 1.29 is 28.6 Å². The Balaban J connectivity index is 4.00. The molecule has 0 heterocycles. The molecular weight excluding hydrogens is 1020 g/mol. The Bertz CT molecular complexity index is 1340. The molecule has 83 heavy (non-hydrogen) atoms. The monoisotopic (exact) mass is 1170 g/mol. The van der Waals surface area contributed by atoms with Crippen LogP contribution in [0.25, 0.3) is 0 Å². The quantitative estimate of drug-likeness (QED) is 0.0261. The molecule has 0 bridgehead atoms. The van der Waals surface area contributed by atoms with Gasteiger partial charge in [0.25, 0.3) is 0 Å². The van der Waals surface area contributed by atoms with E-state index in [0.29, 0.717) is 19.3 Å². The van der Waals surface area contributed by atoms with E-state index in [2.05, 4.69) is 45.1 Å². The average molecular weight is 1170 g/mol.